The summed E-state index contributed by atoms with van der Waals surface area (Å²) in [7, 11) is -3.75. The van der Waals surface area contributed by atoms with Crippen molar-refractivity contribution in [2.24, 2.45) is 0 Å². The van der Waals surface area contributed by atoms with Crippen LogP contribution in [0.15, 0.2) is 41.6 Å². The number of hydrogen-bond donors (Lipinski definition) is 1. The first-order chi connectivity index (χ1) is 10.9. The monoisotopic (exact) mass is 335 g/mol. The lowest BCUT2D eigenvalue weighted by atomic mass is 10.00. The number of aryl methyl sites for hydroxylation is 1. The average molecular weight is 335 g/mol. The highest BCUT2D eigenvalue weighted by Crippen LogP contribution is 2.31. The van der Waals surface area contributed by atoms with Gasteiger partial charge in [0, 0.05) is 13.1 Å². The first kappa shape index (κ1) is 15.7. The van der Waals surface area contributed by atoms with E-state index in [4.69, 9.17) is 0 Å². The Morgan fingerprint density at radius 3 is 2.65 bits per heavy atom. The average Bonchev–Trinajstić information content (AvgIpc) is 2.97. The lowest BCUT2D eigenvalue weighted by Crippen LogP contribution is -2.41. The van der Waals surface area contributed by atoms with Gasteiger partial charge in [-0.1, -0.05) is 18.2 Å². The van der Waals surface area contributed by atoms with Crippen LogP contribution in [0.25, 0.3) is 0 Å². The van der Waals surface area contributed by atoms with Crippen LogP contribution in [0.4, 0.5) is 0 Å². The van der Waals surface area contributed by atoms with Crippen LogP contribution in [0.1, 0.15) is 24.2 Å². The van der Waals surface area contributed by atoms with Crippen molar-refractivity contribution < 1.29 is 18.3 Å². The molecule has 0 amide bonds. The van der Waals surface area contributed by atoms with Crippen LogP contribution in [0.2, 0.25) is 0 Å². The Bertz CT molecular complexity index is 830. The quantitative estimate of drug-likeness (QED) is 0.908. The summed E-state index contributed by atoms with van der Waals surface area (Å²) in [6.45, 7) is 2.49. The molecule has 0 fully saturated rings. The predicted molar refractivity (Wildman–Crippen MR) is 82.3 cm³/mol. The second kappa shape index (κ2) is 5.78. The summed E-state index contributed by atoms with van der Waals surface area (Å²) >= 11 is 0. The molecule has 8 heteroatoms. The van der Waals surface area contributed by atoms with E-state index in [9.17, 15) is 18.3 Å². The van der Waals surface area contributed by atoms with Crippen LogP contribution in [-0.4, -0.2) is 39.9 Å². The van der Waals surface area contributed by atoms with Gasteiger partial charge in [0.25, 0.3) is 0 Å². The van der Waals surface area contributed by atoms with Crippen LogP contribution >= 0.6 is 0 Å². The zero-order valence-electron chi connectivity index (χ0n) is 12.6. The van der Waals surface area contributed by atoms with Gasteiger partial charge < -0.3 is 9.67 Å². The second-order valence-corrected chi connectivity index (χ2v) is 7.30. The third kappa shape index (κ3) is 2.64. The normalized spacial score (nSPS) is 18.6. The van der Waals surface area contributed by atoms with E-state index in [1.807, 2.05) is 6.92 Å². The molecule has 0 radical (unpaired) electrons. The topological polar surface area (TPSA) is 92.5 Å². The Morgan fingerprint density at radius 2 is 2.04 bits per heavy atom. The smallest absolute Gasteiger partial charge is 0.313 e. The number of carboxylic acid groups (broad SMARTS) is 1. The summed E-state index contributed by atoms with van der Waals surface area (Å²) < 4.78 is 28.4. The summed E-state index contributed by atoms with van der Waals surface area (Å²) in [6, 6.07) is 8.03. The molecule has 0 aliphatic carbocycles. The molecule has 1 aliphatic rings. The van der Waals surface area contributed by atoms with Gasteiger partial charge in [-0.2, -0.15) is 4.31 Å². The van der Waals surface area contributed by atoms with Crippen molar-refractivity contribution in [1.29, 1.82) is 0 Å². The maximum atomic E-state index is 12.7. The molecule has 3 rings (SSSR count). The van der Waals surface area contributed by atoms with E-state index < -0.39 is 21.9 Å². The number of nitrogens with zero attached hydrogens (tertiary/aromatic N) is 3. The zero-order valence-corrected chi connectivity index (χ0v) is 13.4. The van der Waals surface area contributed by atoms with Gasteiger partial charge in [0.15, 0.2) is 0 Å². The molecular weight excluding hydrogens is 318 g/mol. The van der Waals surface area contributed by atoms with Gasteiger partial charge in [-0.15, -0.1) is 0 Å². The van der Waals surface area contributed by atoms with Crippen molar-refractivity contribution in [3.63, 3.8) is 0 Å². The second-order valence-electron chi connectivity index (χ2n) is 5.36. The van der Waals surface area contributed by atoms with E-state index in [-0.39, 0.29) is 18.0 Å². The Hall–Kier alpha value is -2.19. The van der Waals surface area contributed by atoms with Crippen molar-refractivity contribution >= 4 is 16.0 Å². The van der Waals surface area contributed by atoms with Gasteiger partial charge in [-0.05, 0) is 19.1 Å². The molecule has 0 bridgehead atoms. The Balaban J connectivity index is 2.03. The van der Waals surface area contributed by atoms with E-state index >= 15 is 0 Å². The van der Waals surface area contributed by atoms with Crippen LogP contribution in [0.3, 0.4) is 0 Å². The van der Waals surface area contributed by atoms with Crippen LogP contribution in [0, 0.1) is 0 Å². The molecule has 2 heterocycles. The molecule has 1 atom stereocenters. The molecule has 1 aromatic carbocycles. The number of benzene rings is 1. The fraction of sp³-hybridized carbons (Fsp3) is 0.333. The van der Waals surface area contributed by atoms with Gasteiger partial charge in [-0.3, -0.25) is 4.79 Å². The number of hydrogen-bond acceptors (Lipinski definition) is 4. The van der Waals surface area contributed by atoms with E-state index in [0.29, 0.717) is 17.9 Å². The summed E-state index contributed by atoms with van der Waals surface area (Å²) in [5.74, 6) is -1.96. The maximum absolute atomic E-state index is 12.7. The van der Waals surface area contributed by atoms with Crippen LogP contribution in [-0.2, 0) is 27.9 Å². The summed E-state index contributed by atoms with van der Waals surface area (Å²) in [5.41, 5.74) is 1.10. The highest BCUT2D eigenvalue weighted by molar-refractivity contribution is 7.89. The van der Waals surface area contributed by atoms with E-state index in [2.05, 4.69) is 4.98 Å². The molecule has 122 valence electrons. The van der Waals surface area contributed by atoms with Crippen molar-refractivity contribution in [1.82, 2.24) is 13.9 Å². The van der Waals surface area contributed by atoms with E-state index in [0.717, 1.165) is 0 Å². The molecule has 0 saturated carbocycles. The number of imidazole rings is 1. The van der Waals surface area contributed by atoms with Gasteiger partial charge >= 0.3 is 5.97 Å². The number of carboxylic acids is 1. The molecule has 23 heavy (non-hydrogen) atoms. The largest absolute Gasteiger partial charge is 0.481 e. The fourth-order valence-corrected chi connectivity index (χ4v) is 4.29. The standard InChI is InChI=1S/C15H17N3O4S/c1-2-17-10-16-13-9-18(8-12(14(13)17)15(19)20)23(21,22)11-6-4-3-5-7-11/h3-7,10,12H,2,8-9H2,1H3,(H,19,20)/t12-/m0/s1. The molecule has 1 aromatic heterocycles. The maximum Gasteiger partial charge on any atom is 0.313 e. The van der Waals surface area contributed by atoms with Gasteiger partial charge in [0.2, 0.25) is 10.0 Å². The van der Waals surface area contributed by atoms with Gasteiger partial charge in [0.05, 0.1) is 29.2 Å². The lowest BCUT2D eigenvalue weighted by molar-refractivity contribution is -0.139. The first-order valence-corrected chi connectivity index (χ1v) is 8.71. The first-order valence-electron chi connectivity index (χ1n) is 7.27. The molecular formula is C15H17N3O4S. The highest BCUT2D eigenvalue weighted by Gasteiger charge is 2.39. The lowest BCUT2D eigenvalue weighted by Gasteiger charge is -2.30. The third-order valence-electron chi connectivity index (χ3n) is 4.02. The van der Waals surface area contributed by atoms with Crippen molar-refractivity contribution in [2.75, 3.05) is 6.54 Å². The van der Waals surface area contributed by atoms with Crippen LogP contribution < -0.4 is 0 Å². The molecule has 0 unspecified atom stereocenters. The predicted octanol–water partition coefficient (Wildman–Crippen LogP) is 1.28. The zero-order chi connectivity index (χ0) is 16.6. The summed E-state index contributed by atoms with van der Waals surface area (Å²) in [4.78, 5) is 16.0. The number of aliphatic carboxylic acids is 1. The van der Waals surface area contributed by atoms with Crippen molar-refractivity contribution in [3.05, 3.63) is 48.0 Å². The minimum absolute atomic E-state index is 0.0866. The molecule has 2 aromatic rings. The van der Waals surface area contributed by atoms with Gasteiger partial charge in [0.1, 0.15) is 5.92 Å². The van der Waals surface area contributed by atoms with E-state index in [1.165, 1.54) is 16.4 Å². The molecule has 1 N–H and O–H groups in total. The third-order valence-corrected chi connectivity index (χ3v) is 5.85. The van der Waals surface area contributed by atoms with E-state index in [1.54, 1.807) is 29.1 Å². The number of sulfonamides is 1. The molecule has 0 spiro atoms. The minimum atomic E-state index is -3.75. The summed E-state index contributed by atoms with van der Waals surface area (Å²) in [5, 5.41) is 9.51. The Kier molecular flexibility index (Phi) is 3.95. The molecule has 7 nitrogen and oxygen atoms in total. The fourth-order valence-electron chi connectivity index (χ4n) is 2.85. The number of carbonyl (C=O) groups is 1. The van der Waals surface area contributed by atoms with Gasteiger partial charge in [-0.25, -0.2) is 13.4 Å². The number of rotatable bonds is 4. The summed E-state index contributed by atoms with van der Waals surface area (Å²) in [6.07, 6.45) is 1.57. The van der Waals surface area contributed by atoms with Crippen molar-refractivity contribution in [2.45, 2.75) is 30.8 Å². The Morgan fingerprint density at radius 1 is 1.35 bits per heavy atom. The SMILES string of the molecule is CCn1cnc2c1[C@@H](C(=O)O)CN(S(=O)(=O)c1ccccc1)C2. The highest BCUT2D eigenvalue weighted by atomic mass is 32.2. The van der Waals surface area contributed by atoms with Crippen LogP contribution in [0.5, 0.6) is 0 Å². The van der Waals surface area contributed by atoms with Crippen molar-refractivity contribution in [3.8, 4) is 0 Å². The number of aromatic nitrogens is 2. The molecule has 1 aliphatic heterocycles. The Labute approximate surface area is 134 Å². The number of fused-ring (bicyclic) bond motifs is 1. The minimum Gasteiger partial charge on any atom is -0.481 e. The molecule has 0 saturated heterocycles.